The highest BCUT2D eigenvalue weighted by atomic mass is 32.2. The zero-order chi connectivity index (χ0) is 13.1. The van der Waals surface area contributed by atoms with Crippen LogP contribution in [0.4, 0.5) is 5.69 Å². The minimum atomic E-state index is -0.415. The van der Waals surface area contributed by atoms with Gasteiger partial charge in [-0.2, -0.15) is 0 Å². The van der Waals surface area contributed by atoms with Gasteiger partial charge in [0.25, 0.3) is 0 Å². The van der Waals surface area contributed by atoms with Crippen LogP contribution in [0.2, 0.25) is 0 Å². The first-order valence-corrected chi connectivity index (χ1v) is 6.72. The first-order valence-electron chi connectivity index (χ1n) is 5.43. The molecule has 1 aliphatic rings. The Balaban J connectivity index is 1.95. The molecule has 0 aromatic heterocycles. The summed E-state index contributed by atoms with van der Waals surface area (Å²) in [4.78, 5) is 23.3. The third-order valence-electron chi connectivity index (χ3n) is 2.56. The predicted molar refractivity (Wildman–Crippen MR) is 76.5 cm³/mol. The van der Waals surface area contributed by atoms with Gasteiger partial charge in [-0.15, -0.1) is 0 Å². The average molecular weight is 280 g/mol. The molecule has 1 aromatic carbocycles. The van der Waals surface area contributed by atoms with E-state index >= 15 is 0 Å². The molecule has 4 nitrogen and oxygen atoms in total. The van der Waals surface area contributed by atoms with E-state index in [0.29, 0.717) is 4.32 Å². The molecule has 0 spiro atoms. The number of amides is 2. The van der Waals surface area contributed by atoms with E-state index in [-0.39, 0.29) is 18.2 Å². The van der Waals surface area contributed by atoms with Crippen LogP contribution in [0.25, 0.3) is 0 Å². The second-order valence-corrected chi connectivity index (χ2v) is 5.83. The van der Waals surface area contributed by atoms with Gasteiger partial charge in [-0.05, 0) is 18.6 Å². The Hall–Kier alpha value is -1.40. The molecule has 0 saturated carbocycles. The number of carbonyl (C=O) groups excluding carboxylic acids is 2. The molecule has 94 valence electrons. The summed E-state index contributed by atoms with van der Waals surface area (Å²) >= 11 is 6.10. The fourth-order valence-corrected chi connectivity index (χ4v) is 2.88. The molecule has 18 heavy (non-hydrogen) atoms. The van der Waals surface area contributed by atoms with Crippen molar-refractivity contribution < 1.29 is 9.59 Å². The number of nitrogens with one attached hydrogen (secondary N) is 2. The maximum Gasteiger partial charge on any atom is 0.239 e. The van der Waals surface area contributed by atoms with Crippen LogP contribution in [0, 0.1) is 6.92 Å². The fraction of sp³-hybridized carbons (Fsp3) is 0.250. The van der Waals surface area contributed by atoms with E-state index in [0.717, 1.165) is 11.3 Å². The Labute approximate surface area is 115 Å². The number of para-hydroxylation sites is 1. The molecule has 0 unspecified atom stereocenters. The number of thiocarbonyl (C=S) groups is 1. The predicted octanol–water partition coefficient (Wildman–Crippen LogP) is 1.84. The van der Waals surface area contributed by atoms with Crippen LogP contribution in [-0.4, -0.2) is 21.4 Å². The molecule has 2 amide bonds. The van der Waals surface area contributed by atoms with Gasteiger partial charge in [0.05, 0.1) is 5.25 Å². The number of carbonyl (C=O) groups is 2. The lowest BCUT2D eigenvalue weighted by Crippen LogP contribution is -2.27. The molecule has 6 heteroatoms. The first kappa shape index (κ1) is 13.0. The van der Waals surface area contributed by atoms with E-state index in [1.807, 2.05) is 31.2 Å². The van der Waals surface area contributed by atoms with Crippen molar-refractivity contribution in [2.45, 2.75) is 18.6 Å². The lowest BCUT2D eigenvalue weighted by Gasteiger charge is -2.09. The highest BCUT2D eigenvalue weighted by Gasteiger charge is 2.30. The summed E-state index contributed by atoms with van der Waals surface area (Å²) in [6, 6.07) is 7.51. The number of hydrogen-bond acceptors (Lipinski definition) is 4. The van der Waals surface area contributed by atoms with Gasteiger partial charge in [0, 0.05) is 12.1 Å². The summed E-state index contributed by atoms with van der Waals surface area (Å²) in [6.45, 7) is 1.92. The number of anilines is 1. The molecule has 1 saturated heterocycles. The minimum Gasteiger partial charge on any atom is -0.326 e. The van der Waals surface area contributed by atoms with Crippen LogP contribution in [0.5, 0.6) is 0 Å². The number of benzene rings is 1. The molecule has 1 aliphatic heterocycles. The lowest BCUT2D eigenvalue weighted by atomic mass is 10.2. The van der Waals surface area contributed by atoms with Gasteiger partial charge >= 0.3 is 0 Å². The normalized spacial score (nSPS) is 18.6. The van der Waals surface area contributed by atoms with Crippen molar-refractivity contribution in [3.63, 3.8) is 0 Å². The van der Waals surface area contributed by atoms with Gasteiger partial charge in [0.1, 0.15) is 4.32 Å². The summed E-state index contributed by atoms with van der Waals surface area (Å²) in [6.07, 6.45) is 0.130. The van der Waals surface area contributed by atoms with E-state index in [1.165, 1.54) is 11.8 Å². The Morgan fingerprint density at radius 1 is 1.50 bits per heavy atom. The Morgan fingerprint density at radius 3 is 2.83 bits per heavy atom. The second-order valence-electron chi connectivity index (χ2n) is 3.95. The van der Waals surface area contributed by atoms with Crippen molar-refractivity contribution in [2.24, 2.45) is 0 Å². The zero-order valence-electron chi connectivity index (χ0n) is 9.73. The smallest absolute Gasteiger partial charge is 0.239 e. The third kappa shape index (κ3) is 3.08. The van der Waals surface area contributed by atoms with Crippen molar-refractivity contribution in [1.29, 1.82) is 0 Å². The van der Waals surface area contributed by atoms with Crippen LogP contribution in [-0.2, 0) is 9.59 Å². The van der Waals surface area contributed by atoms with Crippen molar-refractivity contribution in [2.75, 3.05) is 5.32 Å². The highest BCUT2D eigenvalue weighted by Crippen LogP contribution is 2.23. The number of hydrogen-bond donors (Lipinski definition) is 2. The molecule has 0 aliphatic carbocycles. The molecule has 1 atom stereocenters. The fourth-order valence-electron chi connectivity index (χ4n) is 1.61. The van der Waals surface area contributed by atoms with Crippen LogP contribution >= 0.6 is 24.0 Å². The van der Waals surface area contributed by atoms with E-state index in [4.69, 9.17) is 12.2 Å². The molecule has 0 radical (unpaired) electrons. The minimum absolute atomic E-state index is 0.130. The molecule has 1 heterocycles. The lowest BCUT2D eigenvalue weighted by molar-refractivity contribution is -0.122. The first-order chi connectivity index (χ1) is 8.56. The van der Waals surface area contributed by atoms with Crippen molar-refractivity contribution >= 4 is 45.8 Å². The maximum absolute atomic E-state index is 11.8. The van der Waals surface area contributed by atoms with E-state index in [2.05, 4.69) is 10.6 Å². The van der Waals surface area contributed by atoms with Crippen LogP contribution < -0.4 is 10.6 Å². The molecule has 2 N–H and O–H groups in total. The standard InChI is InChI=1S/C12H12N2O2S2/c1-7-4-2-3-5-8(7)13-10(15)6-9-11(16)14-12(17)18-9/h2-5,9H,6H2,1H3,(H,13,15)(H,14,16,17)/t9-/m1/s1. The van der Waals surface area contributed by atoms with Crippen molar-refractivity contribution in [3.8, 4) is 0 Å². The molecule has 0 bridgehead atoms. The summed E-state index contributed by atoms with van der Waals surface area (Å²) < 4.78 is 0.439. The van der Waals surface area contributed by atoms with E-state index < -0.39 is 5.25 Å². The topological polar surface area (TPSA) is 58.2 Å². The monoisotopic (exact) mass is 280 g/mol. The third-order valence-corrected chi connectivity index (χ3v) is 3.93. The summed E-state index contributed by atoms with van der Waals surface area (Å²) in [5, 5.41) is 4.90. The Morgan fingerprint density at radius 2 is 2.22 bits per heavy atom. The molecular weight excluding hydrogens is 268 g/mol. The second kappa shape index (κ2) is 5.49. The van der Waals surface area contributed by atoms with E-state index in [9.17, 15) is 9.59 Å². The van der Waals surface area contributed by atoms with Gasteiger partial charge in [-0.25, -0.2) is 0 Å². The zero-order valence-corrected chi connectivity index (χ0v) is 11.4. The largest absolute Gasteiger partial charge is 0.326 e. The Kier molecular flexibility index (Phi) is 3.98. The quantitative estimate of drug-likeness (QED) is 0.830. The van der Waals surface area contributed by atoms with Gasteiger partial charge in [-0.1, -0.05) is 42.2 Å². The molecular formula is C12H12N2O2S2. The van der Waals surface area contributed by atoms with Crippen LogP contribution in [0.15, 0.2) is 24.3 Å². The average Bonchev–Trinajstić information content (AvgIpc) is 2.61. The van der Waals surface area contributed by atoms with Gasteiger partial charge in [0.15, 0.2) is 0 Å². The van der Waals surface area contributed by atoms with Gasteiger partial charge in [-0.3, -0.25) is 9.59 Å². The number of rotatable bonds is 3. The molecule has 1 fully saturated rings. The van der Waals surface area contributed by atoms with E-state index in [1.54, 1.807) is 0 Å². The van der Waals surface area contributed by atoms with Crippen molar-refractivity contribution in [1.82, 2.24) is 5.32 Å². The van der Waals surface area contributed by atoms with Gasteiger partial charge in [0.2, 0.25) is 11.8 Å². The maximum atomic E-state index is 11.8. The highest BCUT2D eigenvalue weighted by molar-refractivity contribution is 8.24. The Bertz CT molecular complexity index is 517. The van der Waals surface area contributed by atoms with Crippen molar-refractivity contribution in [3.05, 3.63) is 29.8 Å². The van der Waals surface area contributed by atoms with Crippen LogP contribution in [0.1, 0.15) is 12.0 Å². The molecule has 1 aromatic rings. The SMILES string of the molecule is Cc1ccccc1NC(=O)C[C@H]1SC(=S)NC1=O. The van der Waals surface area contributed by atoms with Crippen LogP contribution in [0.3, 0.4) is 0 Å². The number of aryl methyl sites for hydroxylation is 1. The summed E-state index contributed by atoms with van der Waals surface area (Å²) in [7, 11) is 0. The summed E-state index contributed by atoms with van der Waals surface area (Å²) in [5.74, 6) is -0.369. The number of thioether (sulfide) groups is 1. The summed E-state index contributed by atoms with van der Waals surface area (Å²) in [5.41, 5.74) is 1.76. The van der Waals surface area contributed by atoms with Gasteiger partial charge < -0.3 is 10.6 Å². The molecule has 2 rings (SSSR count).